The maximum atomic E-state index is 8.51. The van der Waals surface area contributed by atoms with E-state index >= 15 is 0 Å². The fraction of sp³-hybridized carbons (Fsp3) is 0.538. The molecular formula is C13H22N2O2. The van der Waals surface area contributed by atoms with Crippen LogP contribution in [0.4, 0.5) is 5.69 Å². The van der Waals surface area contributed by atoms with Crippen molar-refractivity contribution in [2.24, 2.45) is 0 Å². The molecule has 0 aliphatic heterocycles. The van der Waals surface area contributed by atoms with E-state index in [0.29, 0.717) is 13.2 Å². The van der Waals surface area contributed by atoms with Gasteiger partial charge in [-0.15, -0.1) is 0 Å². The van der Waals surface area contributed by atoms with E-state index in [1.54, 1.807) is 0 Å². The number of ether oxygens (including phenoxy) is 1. The van der Waals surface area contributed by atoms with Crippen molar-refractivity contribution in [1.82, 2.24) is 5.32 Å². The molecule has 0 unspecified atom stereocenters. The van der Waals surface area contributed by atoms with Crippen molar-refractivity contribution in [3.05, 3.63) is 29.3 Å². The number of nitrogens with two attached hydrogens (primary N) is 1. The summed E-state index contributed by atoms with van der Waals surface area (Å²) in [6.45, 7) is 4.90. The molecule has 96 valence electrons. The fourth-order valence-electron chi connectivity index (χ4n) is 1.56. The highest BCUT2D eigenvalue weighted by atomic mass is 16.5. The maximum absolute atomic E-state index is 8.51. The van der Waals surface area contributed by atoms with Gasteiger partial charge in [0.25, 0.3) is 0 Å². The highest BCUT2D eigenvalue weighted by Crippen LogP contribution is 2.12. The zero-order valence-electron chi connectivity index (χ0n) is 10.4. The average Bonchev–Trinajstić information content (AvgIpc) is 2.32. The Kier molecular flexibility index (Phi) is 6.62. The summed E-state index contributed by atoms with van der Waals surface area (Å²) in [7, 11) is 0. The molecule has 0 atom stereocenters. The molecule has 0 aliphatic rings. The van der Waals surface area contributed by atoms with Crippen molar-refractivity contribution >= 4 is 5.69 Å². The van der Waals surface area contributed by atoms with Gasteiger partial charge in [0, 0.05) is 12.2 Å². The molecule has 4 N–H and O–H groups in total. The number of aliphatic hydroxyl groups is 1. The van der Waals surface area contributed by atoms with Crippen molar-refractivity contribution < 1.29 is 9.84 Å². The van der Waals surface area contributed by atoms with Crippen molar-refractivity contribution in [2.45, 2.75) is 13.3 Å². The predicted molar refractivity (Wildman–Crippen MR) is 70.1 cm³/mol. The number of aliphatic hydroxyl groups excluding tert-OH is 1. The molecule has 1 aromatic carbocycles. The Balaban J connectivity index is 2.11. The van der Waals surface area contributed by atoms with Crippen LogP contribution in [-0.4, -0.2) is 38.0 Å². The molecule has 0 saturated heterocycles. The summed E-state index contributed by atoms with van der Waals surface area (Å²) in [5.41, 5.74) is 9.03. The van der Waals surface area contributed by atoms with Crippen LogP contribution in [0.15, 0.2) is 18.2 Å². The van der Waals surface area contributed by atoms with E-state index < -0.39 is 0 Å². The number of nitrogens with one attached hydrogen (secondary N) is 1. The largest absolute Gasteiger partial charge is 0.399 e. The van der Waals surface area contributed by atoms with E-state index in [-0.39, 0.29) is 6.61 Å². The van der Waals surface area contributed by atoms with Gasteiger partial charge in [-0.25, -0.2) is 0 Å². The van der Waals surface area contributed by atoms with Gasteiger partial charge in [-0.1, -0.05) is 12.1 Å². The summed E-state index contributed by atoms with van der Waals surface area (Å²) in [5.74, 6) is 0. The summed E-state index contributed by atoms with van der Waals surface area (Å²) in [5, 5.41) is 11.8. The highest BCUT2D eigenvalue weighted by Gasteiger charge is 1.96. The molecule has 17 heavy (non-hydrogen) atoms. The second-order valence-electron chi connectivity index (χ2n) is 4.03. The van der Waals surface area contributed by atoms with Gasteiger partial charge in [0.05, 0.1) is 19.8 Å². The van der Waals surface area contributed by atoms with Crippen molar-refractivity contribution in [3.8, 4) is 0 Å². The zero-order chi connectivity index (χ0) is 12.5. The molecular weight excluding hydrogens is 216 g/mol. The Bertz CT molecular complexity index is 329. The van der Waals surface area contributed by atoms with Crippen LogP contribution in [0.3, 0.4) is 0 Å². The molecule has 4 nitrogen and oxygen atoms in total. The standard InChI is InChI=1S/C13H22N2O2/c1-11-10-12(2-3-13(11)14)4-5-15-6-8-17-9-7-16/h2-3,10,15-16H,4-9,14H2,1H3. The van der Waals surface area contributed by atoms with Crippen molar-refractivity contribution in [3.63, 3.8) is 0 Å². The molecule has 0 fully saturated rings. The number of anilines is 1. The van der Waals surface area contributed by atoms with Crippen LogP contribution in [0.25, 0.3) is 0 Å². The lowest BCUT2D eigenvalue weighted by molar-refractivity contribution is 0.0940. The molecule has 0 saturated carbocycles. The van der Waals surface area contributed by atoms with Gasteiger partial charge >= 0.3 is 0 Å². The third-order valence-electron chi connectivity index (χ3n) is 2.58. The second kappa shape index (κ2) is 8.06. The highest BCUT2D eigenvalue weighted by molar-refractivity contribution is 5.47. The Morgan fingerprint density at radius 2 is 2.12 bits per heavy atom. The van der Waals surface area contributed by atoms with Gasteiger partial charge < -0.3 is 20.9 Å². The molecule has 0 spiro atoms. The molecule has 0 bridgehead atoms. The van der Waals surface area contributed by atoms with E-state index in [4.69, 9.17) is 15.6 Å². The minimum Gasteiger partial charge on any atom is -0.399 e. The summed E-state index contributed by atoms with van der Waals surface area (Å²) in [6, 6.07) is 6.14. The smallest absolute Gasteiger partial charge is 0.0698 e. The van der Waals surface area contributed by atoms with E-state index in [2.05, 4.69) is 17.4 Å². The van der Waals surface area contributed by atoms with Gasteiger partial charge in [0.1, 0.15) is 0 Å². The van der Waals surface area contributed by atoms with E-state index in [1.165, 1.54) is 5.56 Å². The molecule has 1 aromatic rings. The van der Waals surface area contributed by atoms with Crippen LogP contribution in [0.1, 0.15) is 11.1 Å². The van der Waals surface area contributed by atoms with Crippen LogP contribution in [0.2, 0.25) is 0 Å². The van der Waals surface area contributed by atoms with Crippen LogP contribution in [0.5, 0.6) is 0 Å². The first-order valence-electron chi connectivity index (χ1n) is 5.98. The first-order valence-corrected chi connectivity index (χ1v) is 5.98. The lowest BCUT2D eigenvalue weighted by Crippen LogP contribution is -2.22. The van der Waals surface area contributed by atoms with Gasteiger partial charge in [-0.2, -0.15) is 0 Å². The quantitative estimate of drug-likeness (QED) is 0.461. The number of nitrogen functional groups attached to an aromatic ring is 1. The van der Waals surface area contributed by atoms with Crippen LogP contribution >= 0.6 is 0 Å². The SMILES string of the molecule is Cc1cc(CCNCCOCCO)ccc1N. The monoisotopic (exact) mass is 238 g/mol. The zero-order valence-corrected chi connectivity index (χ0v) is 10.4. The first kappa shape index (κ1) is 14.0. The Labute approximate surface area is 103 Å². The van der Waals surface area contributed by atoms with Crippen LogP contribution in [0, 0.1) is 6.92 Å². The summed E-state index contributed by atoms with van der Waals surface area (Å²) >= 11 is 0. The Morgan fingerprint density at radius 1 is 1.29 bits per heavy atom. The fourth-order valence-corrected chi connectivity index (χ4v) is 1.56. The molecule has 0 heterocycles. The molecule has 0 radical (unpaired) electrons. The normalized spacial score (nSPS) is 10.7. The van der Waals surface area contributed by atoms with Crippen molar-refractivity contribution in [2.75, 3.05) is 38.6 Å². The minimum atomic E-state index is 0.0880. The molecule has 0 amide bonds. The molecule has 1 rings (SSSR count). The molecule has 0 aliphatic carbocycles. The van der Waals surface area contributed by atoms with Crippen LogP contribution in [-0.2, 0) is 11.2 Å². The summed E-state index contributed by atoms with van der Waals surface area (Å²) < 4.78 is 5.14. The van der Waals surface area contributed by atoms with Crippen molar-refractivity contribution in [1.29, 1.82) is 0 Å². The maximum Gasteiger partial charge on any atom is 0.0698 e. The van der Waals surface area contributed by atoms with Gasteiger partial charge in [0.2, 0.25) is 0 Å². The topological polar surface area (TPSA) is 67.5 Å². The Hall–Kier alpha value is -1.10. The average molecular weight is 238 g/mol. The predicted octanol–water partition coefficient (Wildman–Crippen LogP) is 0.718. The Morgan fingerprint density at radius 3 is 2.82 bits per heavy atom. The number of benzene rings is 1. The van der Waals surface area contributed by atoms with E-state index in [9.17, 15) is 0 Å². The number of hydrogen-bond acceptors (Lipinski definition) is 4. The van der Waals surface area contributed by atoms with Gasteiger partial charge in [0.15, 0.2) is 0 Å². The van der Waals surface area contributed by atoms with E-state index in [1.807, 2.05) is 13.0 Å². The first-order chi connectivity index (χ1) is 8.24. The third kappa shape index (κ3) is 5.68. The molecule has 4 heteroatoms. The van der Waals surface area contributed by atoms with Crippen LogP contribution < -0.4 is 11.1 Å². The van der Waals surface area contributed by atoms with E-state index in [0.717, 1.165) is 30.8 Å². The second-order valence-corrected chi connectivity index (χ2v) is 4.03. The lowest BCUT2D eigenvalue weighted by atomic mass is 10.1. The summed E-state index contributed by atoms with van der Waals surface area (Å²) in [4.78, 5) is 0. The summed E-state index contributed by atoms with van der Waals surface area (Å²) in [6.07, 6.45) is 0.987. The number of aryl methyl sites for hydroxylation is 1. The van der Waals surface area contributed by atoms with Gasteiger partial charge in [-0.05, 0) is 37.1 Å². The van der Waals surface area contributed by atoms with Gasteiger partial charge in [-0.3, -0.25) is 0 Å². The number of hydrogen-bond donors (Lipinski definition) is 3. The minimum absolute atomic E-state index is 0.0880. The number of rotatable bonds is 8. The third-order valence-corrected chi connectivity index (χ3v) is 2.58. The lowest BCUT2D eigenvalue weighted by Gasteiger charge is -2.07. The molecule has 0 aromatic heterocycles.